The lowest BCUT2D eigenvalue weighted by Gasteiger charge is -2.02. The molecule has 0 bridgehead atoms. The molecule has 1 atom stereocenters. The summed E-state index contributed by atoms with van der Waals surface area (Å²) in [5.41, 5.74) is 0. The van der Waals surface area contributed by atoms with Crippen molar-refractivity contribution in [2.75, 3.05) is 13.1 Å². The van der Waals surface area contributed by atoms with Crippen LogP contribution in [-0.2, 0) is 0 Å². The van der Waals surface area contributed by atoms with E-state index < -0.39 is 0 Å². The summed E-state index contributed by atoms with van der Waals surface area (Å²) >= 11 is 0. The third-order valence-electron chi connectivity index (χ3n) is 1.40. The molecule has 0 aromatic carbocycles. The first-order valence-electron chi connectivity index (χ1n) is 2.72. The lowest BCUT2D eigenvalue weighted by Crippen LogP contribution is -2.27. The van der Waals surface area contributed by atoms with Gasteiger partial charge < -0.3 is 0 Å². The fourth-order valence-electron chi connectivity index (χ4n) is 0.893. The number of hydrogen-bond donors (Lipinski definition) is 1. The van der Waals surface area contributed by atoms with Gasteiger partial charge in [-0.3, -0.25) is 5.84 Å². The number of hydrazine groups is 1. The van der Waals surface area contributed by atoms with Gasteiger partial charge in [-0.2, -0.15) is 5.26 Å². The van der Waals surface area contributed by atoms with E-state index >= 15 is 0 Å². The Bertz CT molecular complexity index is 115. The maximum absolute atomic E-state index is 8.35. The first-order valence-corrected chi connectivity index (χ1v) is 2.72. The third-order valence-corrected chi connectivity index (χ3v) is 1.40. The molecule has 0 spiro atoms. The van der Waals surface area contributed by atoms with E-state index in [1.54, 1.807) is 5.01 Å². The van der Waals surface area contributed by atoms with E-state index in [1.165, 1.54) is 0 Å². The molecule has 0 aromatic heterocycles. The Hall–Kier alpha value is -0.590. The molecule has 8 heavy (non-hydrogen) atoms. The maximum atomic E-state index is 8.35. The lowest BCUT2D eigenvalue weighted by molar-refractivity contribution is 0.348. The average Bonchev–Trinajstić information content (AvgIpc) is 2.14. The highest BCUT2D eigenvalue weighted by molar-refractivity contribution is 4.88. The van der Waals surface area contributed by atoms with Crippen molar-refractivity contribution in [1.82, 2.24) is 5.01 Å². The standard InChI is InChI=1S/C5H9N3/c6-3-5-1-2-8(7)4-5/h5H,1-2,4,7H2/t5-/m1/s1. The molecule has 1 fully saturated rings. The van der Waals surface area contributed by atoms with Crippen LogP contribution in [0.5, 0.6) is 0 Å². The van der Waals surface area contributed by atoms with Gasteiger partial charge >= 0.3 is 0 Å². The monoisotopic (exact) mass is 111 g/mol. The molecule has 1 aliphatic heterocycles. The van der Waals surface area contributed by atoms with Crippen LogP contribution in [0.1, 0.15) is 6.42 Å². The van der Waals surface area contributed by atoms with Crippen molar-refractivity contribution in [3.05, 3.63) is 0 Å². The van der Waals surface area contributed by atoms with Crippen LogP contribution in [0.3, 0.4) is 0 Å². The molecule has 0 aromatic rings. The van der Waals surface area contributed by atoms with Gasteiger partial charge in [-0.1, -0.05) is 0 Å². The zero-order valence-electron chi connectivity index (χ0n) is 4.67. The summed E-state index contributed by atoms with van der Waals surface area (Å²) in [5.74, 6) is 5.56. The molecule has 1 heterocycles. The Balaban J connectivity index is 2.35. The number of rotatable bonds is 0. The molecular weight excluding hydrogens is 102 g/mol. The quantitative estimate of drug-likeness (QED) is 0.437. The van der Waals surface area contributed by atoms with Gasteiger partial charge in [-0.25, -0.2) is 5.01 Å². The minimum atomic E-state index is 0.181. The molecular formula is C5H9N3. The summed E-state index contributed by atoms with van der Waals surface area (Å²) in [6.07, 6.45) is 0.938. The minimum Gasteiger partial charge on any atom is -0.269 e. The van der Waals surface area contributed by atoms with Gasteiger partial charge in [0.25, 0.3) is 0 Å². The predicted molar refractivity (Wildman–Crippen MR) is 29.5 cm³/mol. The molecule has 1 saturated heterocycles. The molecule has 44 valence electrons. The summed E-state index contributed by atoms with van der Waals surface area (Å²) in [6.45, 7) is 1.62. The molecule has 3 nitrogen and oxygen atoms in total. The lowest BCUT2D eigenvalue weighted by atomic mass is 10.1. The van der Waals surface area contributed by atoms with Gasteiger partial charge in [0, 0.05) is 13.1 Å². The number of nitrogens with zero attached hydrogens (tertiary/aromatic N) is 2. The van der Waals surface area contributed by atoms with Crippen LogP contribution in [0.15, 0.2) is 0 Å². The van der Waals surface area contributed by atoms with Gasteiger partial charge in [0.05, 0.1) is 12.0 Å². The highest BCUT2D eigenvalue weighted by atomic mass is 15.4. The van der Waals surface area contributed by atoms with E-state index in [0.717, 1.165) is 19.5 Å². The minimum absolute atomic E-state index is 0.181. The van der Waals surface area contributed by atoms with Crippen molar-refractivity contribution < 1.29 is 0 Å². The second kappa shape index (κ2) is 2.12. The third kappa shape index (κ3) is 0.971. The zero-order valence-corrected chi connectivity index (χ0v) is 4.67. The second-order valence-corrected chi connectivity index (χ2v) is 2.11. The van der Waals surface area contributed by atoms with Crippen LogP contribution in [0.4, 0.5) is 0 Å². The topological polar surface area (TPSA) is 53.0 Å². The van der Waals surface area contributed by atoms with E-state index in [0.29, 0.717) is 0 Å². The average molecular weight is 111 g/mol. The van der Waals surface area contributed by atoms with Crippen molar-refractivity contribution in [1.29, 1.82) is 5.26 Å². The molecule has 1 aliphatic rings. The SMILES string of the molecule is N#C[C@H]1CCN(N)C1. The van der Waals surface area contributed by atoms with Crippen LogP contribution >= 0.6 is 0 Å². The van der Waals surface area contributed by atoms with E-state index in [4.69, 9.17) is 11.1 Å². The normalized spacial score (nSPS) is 30.2. The summed E-state index contributed by atoms with van der Waals surface area (Å²) in [7, 11) is 0. The molecule has 1 rings (SSSR count). The van der Waals surface area contributed by atoms with E-state index in [2.05, 4.69) is 6.07 Å². The van der Waals surface area contributed by atoms with Crippen molar-refractivity contribution in [3.63, 3.8) is 0 Å². The highest BCUT2D eigenvalue weighted by Crippen LogP contribution is 2.10. The van der Waals surface area contributed by atoms with E-state index in [9.17, 15) is 0 Å². The smallest absolute Gasteiger partial charge is 0.0670 e. The molecule has 0 radical (unpaired) electrons. The Kier molecular flexibility index (Phi) is 1.47. The number of nitrogens with two attached hydrogens (primary N) is 1. The Labute approximate surface area is 48.7 Å². The van der Waals surface area contributed by atoms with Gasteiger partial charge in [0.2, 0.25) is 0 Å². The predicted octanol–water partition coefficient (Wildman–Crippen LogP) is -0.294. The van der Waals surface area contributed by atoms with Crippen molar-refractivity contribution >= 4 is 0 Å². The van der Waals surface area contributed by atoms with Gasteiger partial charge in [0.1, 0.15) is 0 Å². The summed E-state index contributed by atoms with van der Waals surface area (Å²) < 4.78 is 0. The Morgan fingerprint density at radius 3 is 2.75 bits per heavy atom. The molecule has 2 N–H and O–H groups in total. The van der Waals surface area contributed by atoms with Crippen LogP contribution in [-0.4, -0.2) is 18.1 Å². The Morgan fingerprint density at radius 1 is 1.75 bits per heavy atom. The van der Waals surface area contributed by atoms with Crippen molar-refractivity contribution in [3.8, 4) is 6.07 Å². The highest BCUT2D eigenvalue weighted by Gasteiger charge is 2.18. The molecule has 0 unspecified atom stereocenters. The number of hydrogen-bond acceptors (Lipinski definition) is 3. The summed E-state index contributed by atoms with van der Waals surface area (Å²) in [4.78, 5) is 0. The van der Waals surface area contributed by atoms with Crippen LogP contribution in [0.25, 0.3) is 0 Å². The van der Waals surface area contributed by atoms with Gasteiger partial charge in [-0.15, -0.1) is 0 Å². The first kappa shape index (κ1) is 5.54. The van der Waals surface area contributed by atoms with Gasteiger partial charge in [0.15, 0.2) is 0 Å². The first-order chi connectivity index (χ1) is 3.83. The molecule has 0 amide bonds. The van der Waals surface area contributed by atoms with Crippen molar-refractivity contribution in [2.24, 2.45) is 11.8 Å². The molecule has 3 heteroatoms. The van der Waals surface area contributed by atoms with Crippen LogP contribution in [0.2, 0.25) is 0 Å². The van der Waals surface area contributed by atoms with E-state index in [1.807, 2.05) is 0 Å². The second-order valence-electron chi connectivity index (χ2n) is 2.11. The van der Waals surface area contributed by atoms with Crippen LogP contribution in [0, 0.1) is 17.2 Å². The maximum Gasteiger partial charge on any atom is 0.0670 e. The fraction of sp³-hybridized carbons (Fsp3) is 0.800. The number of nitriles is 1. The van der Waals surface area contributed by atoms with Gasteiger partial charge in [-0.05, 0) is 6.42 Å². The Morgan fingerprint density at radius 2 is 2.50 bits per heavy atom. The molecule has 0 saturated carbocycles. The summed E-state index contributed by atoms with van der Waals surface area (Å²) in [5, 5.41) is 10.0. The molecule has 0 aliphatic carbocycles. The van der Waals surface area contributed by atoms with Crippen molar-refractivity contribution in [2.45, 2.75) is 6.42 Å². The zero-order chi connectivity index (χ0) is 5.98. The largest absolute Gasteiger partial charge is 0.269 e. The van der Waals surface area contributed by atoms with E-state index in [-0.39, 0.29) is 5.92 Å². The fourth-order valence-corrected chi connectivity index (χ4v) is 0.893. The van der Waals surface area contributed by atoms with Crippen LogP contribution < -0.4 is 5.84 Å². The summed E-state index contributed by atoms with van der Waals surface area (Å²) in [6, 6.07) is 2.17.